The van der Waals surface area contributed by atoms with E-state index in [0.29, 0.717) is 5.92 Å². The predicted octanol–water partition coefficient (Wildman–Crippen LogP) is 3.58. The van der Waals surface area contributed by atoms with Crippen LogP contribution in [0.15, 0.2) is 11.0 Å². The van der Waals surface area contributed by atoms with Gasteiger partial charge >= 0.3 is 0 Å². The topological polar surface area (TPSA) is 18.5 Å². The van der Waals surface area contributed by atoms with Gasteiger partial charge in [-0.15, -0.1) is 11.8 Å². The number of ether oxygens (including phenoxy) is 2. The third-order valence-electron chi connectivity index (χ3n) is 3.03. The molecule has 0 aromatic carbocycles. The number of hydrogen-bond acceptors (Lipinski definition) is 3. The summed E-state index contributed by atoms with van der Waals surface area (Å²) in [7, 11) is 0. The third kappa shape index (κ3) is 4.11. The van der Waals surface area contributed by atoms with Gasteiger partial charge in [-0.1, -0.05) is 13.0 Å². The highest BCUT2D eigenvalue weighted by Gasteiger charge is 2.16. The minimum Gasteiger partial charge on any atom is -0.353 e. The molecule has 92 valence electrons. The molecule has 2 aliphatic heterocycles. The molecule has 1 fully saturated rings. The van der Waals surface area contributed by atoms with E-state index in [1.54, 1.807) is 4.91 Å². The fourth-order valence-corrected chi connectivity index (χ4v) is 3.26. The Morgan fingerprint density at radius 3 is 3.19 bits per heavy atom. The van der Waals surface area contributed by atoms with E-state index in [1.165, 1.54) is 31.4 Å². The molecule has 2 aliphatic rings. The van der Waals surface area contributed by atoms with E-state index in [2.05, 4.69) is 13.0 Å². The van der Waals surface area contributed by atoms with Crippen LogP contribution in [0.1, 0.15) is 39.0 Å². The molecule has 0 saturated carbocycles. The van der Waals surface area contributed by atoms with Crippen molar-refractivity contribution in [2.45, 2.75) is 45.3 Å². The first-order chi connectivity index (χ1) is 7.84. The van der Waals surface area contributed by atoms with Crippen LogP contribution in [-0.2, 0) is 9.47 Å². The van der Waals surface area contributed by atoms with Gasteiger partial charge in [0.1, 0.15) is 0 Å². The molecular formula is C13H22O2S. The van der Waals surface area contributed by atoms with Gasteiger partial charge in [0.15, 0.2) is 6.29 Å². The molecule has 0 N–H and O–H groups in total. The van der Waals surface area contributed by atoms with Gasteiger partial charge in [0.05, 0.1) is 6.61 Å². The van der Waals surface area contributed by atoms with Crippen molar-refractivity contribution in [1.82, 2.24) is 0 Å². The van der Waals surface area contributed by atoms with Crippen LogP contribution in [0.4, 0.5) is 0 Å². The van der Waals surface area contributed by atoms with Crippen LogP contribution in [0.2, 0.25) is 0 Å². The van der Waals surface area contributed by atoms with Gasteiger partial charge in [0, 0.05) is 12.4 Å². The summed E-state index contributed by atoms with van der Waals surface area (Å²) in [5.74, 6) is 1.89. The Balaban J connectivity index is 1.60. The standard InChI is InChI=1S/C13H22O2S/c1-11(9-12-5-4-8-16-12)10-15-13-6-2-3-7-14-13/h5,11,13H,2-4,6-10H2,1H3. The molecule has 2 atom stereocenters. The van der Waals surface area contributed by atoms with Gasteiger partial charge in [-0.25, -0.2) is 0 Å². The summed E-state index contributed by atoms with van der Waals surface area (Å²) in [5, 5.41) is 0. The van der Waals surface area contributed by atoms with E-state index in [1.807, 2.05) is 11.8 Å². The van der Waals surface area contributed by atoms with Gasteiger partial charge < -0.3 is 9.47 Å². The molecule has 0 aromatic rings. The Hall–Kier alpha value is 0.01000. The molecule has 0 aliphatic carbocycles. The molecule has 1 saturated heterocycles. The van der Waals surface area contributed by atoms with Crippen molar-refractivity contribution in [2.75, 3.05) is 19.0 Å². The van der Waals surface area contributed by atoms with Crippen LogP contribution in [-0.4, -0.2) is 25.3 Å². The van der Waals surface area contributed by atoms with E-state index in [0.717, 1.165) is 19.6 Å². The number of allylic oxidation sites excluding steroid dienone is 2. The van der Waals surface area contributed by atoms with Crippen molar-refractivity contribution < 1.29 is 9.47 Å². The Kier molecular flexibility index (Phi) is 5.20. The number of thioether (sulfide) groups is 1. The summed E-state index contributed by atoms with van der Waals surface area (Å²) in [4.78, 5) is 1.56. The first-order valence-electron chi connectivity index (χ1n) is 6.39. The van der Waals surface area contributed by atoms with Gasteiger partial charge in [0.2, 0.25) is 0 Å². The van der Waals surface area contributed by atoms with E-state index in [9.17, 15) is 0 Å². The van der Waals surface area contributed by atoms with Crippen LogP contribution in [0.5, 0.6) is 0 Å². The van der Waals surface area contributed by atoms with Gasteiger partial charge in [-0.2, -0.15) is 0 Å². The Morgan fingerprint density at radius 1 is 1.56 bits per heavy atom. The summed E-state index contributed by atoms with van der Waals surface area (Å²) in [5.41, 5.74) is 0. The Bertz CT molecular complexity index is 234. The van der Waals surface area contributed by atoms with E-state index < -0.39 is 0 Å². The van der Waals surface area contributed by atoms with Crippen molar-refractivity contribution in [2.24, 2.45) is 5.92 Å². The van der Waals surface area contributed by atoms with E-state index in [4.69, 9.17) is 9.47 Å². The largest absolute Gasteiger partial charge is 0.353 e. The van der Waals surface area contributed by atoms with Crippen LogP contribution >= 0.6 is 11.8 Å². The average Bonchev–Trinajstić information content (AvgIpc) is 2.81. The van der Waals surface area contributed by atoms with E-state index in [-0.39, 0.29) is 6.29 Å². The highest BCUT2D eigenvalue weighted by Crippen LogP contribution is 2.30. The quantitative estimate of drug-likeness (QED) is 0.734. The third-order valence-corrected chi connectivity index (χ3v) is 4.18. The van der Waals surface area contributed by atoms with Gasteiger partial charge in [0.25, 0.3) is 0 Å². The average molecular weight is 242 g/mol. The fourth-order valence-electron chi connectivity index (χ4n) is 2.13. The monoisotopic (exact) mass is 242 g/mol. The minimum atomic E-state index is 0.0708. The van der Waals surface area contributed by atoms with Crippen LogP contribution in [0, 0.1) is 5.92 Å². The van der Waals surface area contributed by atoms with Gasteiger partial charge in [-0.3, -0.25) is 0 Å². The van der Waals surface area contributed by atoms with E-state index >= 15 is 0 Å². The molecule has 2 heterocycles. The number of hydrogen-bond donors (Lipinski definition) is 0. The number of rotatable bonds is 5. The van der Waals surface area contributed by atoms with Gasteiger partial charge in [-0.05, 0) is 42.9 Å². The Labute approximate surface area is 103 Å². The SMILES string of the molecule is CC(COC1CCCCO1)CC1=CCCS1. The normalized spacial score (nSPS) is 27.8. The molecule has 2 nitrogen and oxygen atoms in total. The van der Waals surface area contributed by atoms with Crippen molar-refractivity contribution >= 4 is 11.8 Å². The predicted molar refractivity (Wildman–Crippen MR) is 68.5 cm³/mol. The Morgan fingerprint density at radius 2 is 2.50 bits per heavy atom. The second-order valence-corrected chi connectivity index (χ2v) is 5.97. The highest BCUT2D eigenvalue weighted by molar-refractivity contribution is 8.03. The smallest absolute Gasteiger partial charge is 0.157 e. The molecule has 16 heavy (non-hydrogen) atoms. The lowest BCUT2D eigenvalue weighted by Crippen LogP contribution is -2.24. The first-order valence-corrected chi connectivity index (χ1v) is 7.38. The maximum Gasteiger partial charge on any atom is 0.157 e. The van der Waals surface area contributed by atoms with Crippen molar-refractivity contribution in [1.29, 1.82) is 0 Å². The van der Waals surface area contributed by atoms with Crippen LogP contribution in [0.3, 0.4) is 0 Å². The zero-order chi connectivity index (χ0) is 11.2. The molecule has 0 aromatic heterocycles. The van der Waals surface area contributed by atoms with Crippen LogP contribution in [0.25, 0.3) is 0 Å². The zero-order valence-electron chi connectivity index (χ0n) is 10.1. The highest BCUT2D eigenvalue weighted by atomic mass is 32.2. The zero-order valence-corrected chi connectivity index (χ0v) is 10.9. The summed E-state index contributed by atoms with van der Waals surface area (Å²) in [6, 6.07) is 0. The second-order valence-electron chi connectivity index (χ2n) is 4.75. The van der Waals surface area contributed by atoms with Crippen molar-refractivity contribution in [3.8, 4) is 0 Å². The minimum absolute atomic E-state index is 0.0708. The molecule has 0 radical (unpaired) electrons. The first kappa shape index (κ1) is 12.5. The lowest BCUT2D eigenvalue weighted by molar-refractivity contribution is -0.168. The molecular weight excluding hydrogens is 220 g/mol. The lowest BCUT2D eigenvalue weighted by Gasteiger charge is -2.24. The van der Waals surface area contributed by atoms with Crippen molar-refractivity contribution in [3.05, 3.63) is 11.0 Å². The molecule has 0 spiro atoms. The summed E-state index contributed by atoms with van der Waals surface area (Å²) < 4.78 is 11.4. The van der Waals surface area contributed by atoms with Crippen molar-refractivity contribution in [3.63, 3.8) is 0 Å². The molecule has 2 rings (SSSR count). The molecule has 0 amide bonds. The summed E-state index contributed by atoms with van der Waals surface area (Å²) >= 11 is 2.01. The maximum atomic E-state index is 5.80. The second kappa shape index (κ2) is 6.67. The maximum absolute atomic E-state index is 5.80. The molecule has 3 heteroatoms. The molecule has 2 unspecified atom stereocenters. The summed E-state index contributed by atoms with van der Waals surface area (Å²) in [6.45, 7) is 3.98. The molecule has 0 bridgehead atoms. The fraction of sp³-hybridized carbons (Fsp3) is 0.846. The van der Waals surface area contributed by atoms with Crippen LogP contribution < -0.4 is 0 Å². The lowest BCUT2D eigenvalue weighted by atomic mass is 10.1. The summed E-state index contributed by atoms with van der Waals surface area (Å²) in [6.07, 6.45) is 8.39.